The first-order chi connectivity index (χ1) is 6.84. The van der Waals surface area contributed by atoms with Gasteiger partial charge in [0, 0.05) is 19.6 Å². The molecule has 4 nitrogen and oxygen atoms in total. The minimum atomic E-state index is 0.781. The van der Waals surface area contributed by atoms with Crippen LogP contribution in [0, 0.1) is 0 Å². The molecule has 0 saturated carbocycles. The lowest BCUT2D eigenvalue weighted by Gasteiger charge is -2.25. The van der Waals surface area contributed by atoms with E-state index in [0.29, 0.717) is 0 Å². The number of ether oxygens (including phenoxy) is 1. The van der Waals surface area contributed by atoms with Gasteiger partial charge in [0.25, 0.3) is 0 Å². The van der Waals surface area contributed by atoms with Gasteiger partial charge < -0.3 is 4.74 Å². The molecule has 0 spiro atoms. The molecule has 0 bridgehead atoms. The van der Waals surface area contributed by atoms with Crippen molar-refractivity contribution >= 4 is 15.9 Å². The summed E-state index contributed by atoms with van der Waals surface area (Å²) in [6, 6.07) is 3.91. The summed E-state index contributed by atoms with van der Waals surface area (Å²) in [6.07, 6.45) is 0. The summed E-state index contributed by atoms with van der Waals surface area (Å²) in [5, 5.41) is 8.05. The highest BCUT2D eigenvalue weighted by Crippen LogP contribution is 2.07. The van der Waals surface area contributed by atoms with Gasteiger partial charge in [-0.1, -0.05) is 0 Å². The SMILES string of the molecule is Brc1ccc(CN2CCOCC2)nn1. The fourth-order valence-electron chi connectivity index (χ4n) is 1.42. The topological polar surface area (TPSA) is 38.2 Å². The quantitative estimate of drug-likeness (QED) is 0.795. The highest BCUT2D eigenvalue weighted by atomic mass is 79.9. The van der Waals surface area contributed by atoms with E-state index in [-0.39, 0.29) is 0 Å². The van der Waals surface area contributed by atoms with E-state index in [2.05, 4.69) is 31.0 Å². The van der Waals surface area contributed by atoms with Gasteiger partial charge in [0.1, 0.15) is 4.60 Å². The van der Waals surface area contributed by atoms with Crippen LogP contribution in [-0.4, -0.2) is 41.4 Å². The van der Waals surface area contributed by atoms with Crippen LogP contribution < -0.4 is 0 Å². The maximum Gasteiger partial charge on any atom is 0.128 e. The molecule has 2 rings (SSSR count). The van der Waals surface area contributed by atoms with E-state index in [1.54, 1.807) is 0 Å². The molecule has 5 heteroatoms. The maximum absolute atomic E-state index is 5.27. The zero-order chi connectivity index (χ0) is 9.80. The van der Waals surface area contributed by atoms with Crippen LogP contribution in [0.1, 0.15) is 5.69 Å². The summed E-state index contributed by atoms with van der Waals surface area (Å²) >= 11 is 3.26. The normalized spacial score (nSPS) is 18.4. The highest BCUT2D eigenvalue weighted by molar-refractivity contribution is 9.10. The van der Waals surface area contributed by atoms with Crippen LogP contribution in [0.2, 0.25) is 0 Å². The summed E-state index contributed by atoms with van der Waals surface area (Å²) in [5.41, 5.74) is 1.01. The number of aromatic nitrogens is 2. The minimum Gasteiger partial charge on any atom is -0.379 e. The predicted octanol–water partition coefficient (Wildman–Crippen LogP) is 1.07. The molecule has 0 aromatic carbocycles. The molecule has 0 radical (unpaired) electrons. The van der Waals surface area contributed by atoms with Crippen molar-refractivity contribution in [1.29, 1.82) is 0 Å². The third kappa shape index (κ3) is 2.73. The van der Waals surface area contributed by atoms with Gasteiger partial charge in [-0.15, -0.1) is 5.10 Å². The van der Waals surface area contributed by atoms with Gasteiger partial charge in [0.2, 0.25) is 0 Å². The Morgan fingerprint density at radius 3 is 2.71 bits per heavy atom. The van der Waals surface area contributed by atoms with Crippen molar-refractivity contribution in [2.24, 2.45) is 0 Å². The molecule has 0 aliphatic carbocycles. The van der Waals surface area contributed by atoms with Crippen molar-refractivity contribution in [3.8, 4) is 0 Å². The van der Waals surface area contributed by atoms with Gasteiger partial charge in [-0.2, -0.15) is 5.10 Å². The zero-order valence-electron chi connectivity index (χ0n) is 7.82. The average molecular weight is 258 g/mol. The van der Waals surface area contributed by atoms with Crippen LogP contribution in [0.4, 0.5) is 0 Å². The van der Waals surface area contributed by atoms with Crippen LogP contribution in [0.15, 0.2) is 16.7 Å². The summed E-state index contributed by atoms with van der Waals surface area (Å²) in [7, 11) is 0. The van der Waals surface area contributed by atoms with Gasteiger partial charge in [0.05, 0.1) is 18.9 Å². The molecule has 0 atom stereocenters. The molecule has 0 unspecified atom stereocenters. The maximum atomic E-state index is 5.27. The fourth-order valence-corrected chi connectivity index (χ4v) is 1.63. The standard InChI is InChI=1S/C9H12BrN3O/c10-9-2-1-8(11-12-9)7-13-3-5-14-6-4-13/h1-2H,3-7H2. The number of hydrogen-bond donors (Lipinski definition) is 0. The van der Waals surface area contributed by atoms with Crippen LogP contribution in [-0.2, 0) is 11.3 Å². The molecule has 2 heterocycles. The van der Waals surface area contributed by atoms with Crippen molar-refractivity contribution < 1.29 is 4.74 Å². The Labute approximate surface area is 91.4 Å². The molecule has 14 heavy (non-hydrogen) atoms. The number of morpholine rings is 1. The van der Waals surface area contributed by atoms with Crippen LogP contribution in [0.5, 0.6) is 0 Å². The fraction of sp³-hybridized carbons (Fsp3) is 0.556. The van der Waals surface area contributed by atoms with E-state index in [1.807, 2.05) is 12.1 Å². The van der Waals surface area contributed by atoms with Gasteiger partial charge >= 0.3 is 0 Å². The first-order valence-corrected chi connectivity index (χ1v) is 5.42. The van der Waals surface area contributed by atoms with E-state index >= 15 is 0 Å². The van der Waals surface area contributed by atoms with E-state index in [4.69, 9.17) is 4.74 Å². The number of rotatable bonds is 2. The van der Waals surface area contributed by atoms with Crippen molar-refractivity contribution in [3.05, 3.63) is 22.4 Å². The molecule has 0 N–H and O–H groups in total. The Morgan fingerprint density at radius 1 is 1.29 bits per heavy atom. The molecular formula is C9H12BrN3O. The number of nitrogens with zero attached hydrogens (tertiary/aromatic N) is 3. The number of halogens is 1. The van der Waals surface area contributed by atoms with Crippen LogP contribution >= 0.6 is 15.9 Å². The lowest BCUT2D eigenvalue weighted by atomic mass is 10.3. The third-order valence-corrected chi connectivity index (χ3v) is 2.60. The largest absolute Gasteiger partial charge is 0.379 e. The van der Waals surface area contributed by atoms with Crippen molar-refractivity contribution in [1.82, 2.24) is 15.1 Å². The molecular weight excluding hydrogens is 246 g/mol. The molecule has 1 aliphatic heterocycles. The van der Waals surface area contributed by atoms with Gasteiger partial charge in [-0.05, 0) is 28.1 Å². The Bertz CT molecular complexity index is 285. The van der Waals surface area contributed by atoms with Gasteiger partial charge in [-0.3, -0.25) is 4.90 Å². The predicted molar refractivity (Wildman–Crippen MR) is 55.8 cm³/mol. The lowest BCUT2D eigenvalue weighted by Crippen LogP contribution is -2.35. The summed E-state index contributed by atoms with van der Waals surface area (Å²) in [4.78, 5) is 2.32. The molecule has 1 fully saturated rings. The Morgan fingerprint density at radius 2 is 2.07 bits per heavy atom. The van der Waals surface area contributed by atoms with E-state index < -0.39 is 0 Å². The van der Waals surface area contributed by atoms with E-state index in [9.17, 15) is 0 Å². The molecule has 1 aromatic rings. The van der Waals surface area contributed by atoms with E-state index in [1.165, 1.54) is 0 Å². The Kier molecular flexibility index (Phi) is 3.44. The summed E-state index contributed by atoms with van der Waals surface area (Å²) in [5.74, 6) is 0. The lowest BCUT2D eigenvalue weighted by molar-refractivity contribution is 0.0335. The summed E-state index contributed by atoms with van der Waals surface area (Å²) in [6.45, 7) is 4.48. The van der Waals surface area contributed by atoms with Gasteiger partial charge in [0.15, 0.2) is 0 Å². The van der Waals surface area contributed by atoms with Crippen LogP contribution in [0.25, 0.3) is 0 Å². The summed E-state index contributed by atoms with van der Waals surface area (Å²) < 4.78 is 6.05. The van der Waals surface area contributed by atoms with Crippen LogP contribution in [0.3, 0.4) is 0 Å². The van der Waals surface area contributed by atoms with Crippen molar-refractivity contribution in [2.45, 2.75) is 6.54 Å². The third-order valence-electron chi connectivity index (χ3n) is 2.18. The molecule has 1 saturated heterocycles. The first-order valence-electron chi connectivity index (χ1n) is 4.63. The van der Waals surface area contributed by atoms with Gasteiger partial charge in [-0.25, -0.2) is 0 Å². The first kappa shape index (κ1) is 10.0. The molecule has 1 aliphatic rings. The van der Waals surface area contributed by atoms with E-state index in [0.717, 1.165) is 43.1 Å². The monoisotopic (exact) mass is 257 g/mol. The smallest absolute Gasteiger partial charge is 0.128 e. The second-order valence-electron chi connectivity index (χ2n) is 3.24. The second kappa shape index (κ2) is 4.82. The highest BCUT2D eigenvalue weighted by Gasteiger charge is 2.11. The van der Waals surface area contributed by atoms with Crippen molar-refractivity contribution in [3.63, 3.8) is 0 Å². The number of hydrogen-bond acceptors (Lipinski definition) is 4. The Balaban J connectivity index is 1.92. The molecule has 76 valence electrons. The molecule has 1 aromatic heterocycles. The minimum absolute atomic E-state index is 0.781. The van der Waals surface area contributed by atoms with Crippen molar-refractivity contribution in [2.75, 3.05) is 26.3 Å². The average Bonchev–Trinajstić information content (AvgIpc) is 2.23. The Hall–Kier alpha value is -0.520. The molecule has 0 amide bonds. The second-order valence-corrected chi connectivity index (χ2v) is 4.05. The zero-order valence-corrected chi connectivity index (χ0v) is 9.40.